The van der Waals surface area contributed by atoms with Gasteiger partial charge in [0.1, 0.15) is 18.2 Å². The predicted molar refractivity (Wildman–Crippen MR) is 128 cm³/mol. The van der Waals surface area contributed by atoms with Gasteiger partial charge in [-0.2, -0.15) is 73.5 Å². The molecule has 1 aliphatic rings. The van der Waals surface area contributed by atoms with Gasteiger partial charge in [0.05, 0.1) is 39.1 Å². The first-order valence-electron chi connectivity index (χ1n) is 12.2. The maximum Gasteiger partial charge on any atom is 0.451 e. The summed E-state index contributed by atoms with van der Waals surface area (Å²) in [6, 6.07) is 2.51. The third-order valence-corrected chi connectivity index (χ3v) is 6.42. The number of pyridine rings is 2. The van der Waals surface area contributed by atoms with Gasteiger partial charge in [-0.3, -0.25) is 0 Å². The molecule has 0 atom stereocenters. The average molecular weight is 729 g/mol. The largest absolute Gasteiger partial charge is 0.451 e. The summed E-state index contributed by atoms with van der Waals surface area (Å²) in [7, 11) is 0. The van der Waals surface area contributed by atoms with E-state index in [0.29, 0.717) is 13.0 Å². The maximum atomic E-state index is 15.1. The van der Waals surface area contributed by atoms with Crippen molar-refractivity contribution in [3.8, 4) is 18.2 Å². The predicted octanol–water partition coefficient (Wildman–Crippen LogP) is 7.85. The molecule has 1 aliphatic carbocycles. The molecular weight excluding hydrogens is 726 g/mol. The standard InChI is InChI=1S/C27H3F16N7/c1-5-15(28)12(16(29)21(32)47-5)6(2-44)9-10(7(3-45)13-17(30)22(33)50-23(34)18(13)31)11(9)8(4-46)14-19(25(35,36)37)48-24(27(41,42)43)49-20(14)26(38,39)40/h1H3. The van der Waals surface area contributed by atoms with Gasteiger partial charge < -0.3 is 0 Å². The van der Waals surface area contributed by atoms with Gasteiger partial charge in [0.25, 0.3) is 11.9 Å². The minimum atomic E-state index is -6.35. The summed E-state index contributed by atoms with van der Waals surface area (Å²) < 4.78 is 226. The number of hydrogen-bond donors (Lipinski definition) is 0. The fraction of sp³-hybridized carbons (Fsp3) is 0.148. The van der Waals surface area contributed by atoms with Crippen LogP contribution in [0.3, 0.4) is 0 Å². The average Bonchev–Trinajstić information content (AvgIpc) is 3.71. The van der Waals surface area contributed by atoms with Crippen LogP contribution in [0.4, 0.5) is 70.2 Å². The second kappa shape index (κ2) is 12.1. The highest BCUT2D eigenvalue weighted by Crippen LogP contribution is 2.58. The molecule has 1 fully saturated rings. The van der Waals surface area contributed by atoms with E-state index in [4.69, 9.17) is 0 Å². The molecule has 0 N–H and O–H groups in total. The lowest BCUT2D eigenvalue weighted by Crippen LogP contribution is -2.25. The van der Waals surface area contributed by atoms with Crippen molar-refractivity contribution in [3.63, 3.8) is 0 Å². The van der Waals surface area contributed by atoms with Crippen LogP contribution in [-0.4, -0.2) is 19.9 Å². The second-order valence-electron chi connectivity index (χ2n) is 9.39. The minimum Gasteiger partial charge on any atom is -0.219 e. The summed E-state index contributed by atoms with van der Waals surface area (Å²) in [5, 5.41) is 29.4. The van der Waals surface area contributed by atoms with E-state index in [9.17, 15) is 81.6 Å². The van der Waals surface area contributed by atoms with Crippen LogP contribution >= 0.6 is 0 Å². The quantitative estimate of drug-likeness (QED) is 0.153. The monoisotopic (exact) mass is 729 g/mol. The normalized spacial score (nSPS) is 16.4. The molecule has 3 aromatic rings. The van der Waals surface area contributed by atoms with Gasteiger partial charge in [0.2, 0.25) is 11.8 Å². The summed E-state index contributed by atoms with van der Waals surface area (Å²) in [6.07, 6.45) is -18.8. The van der Waals surface area contributed by atoms with Crippen LogP contribution in [-0.2, 0) is 18.5 Å². The van der Waals surface area contributed by atoms with Gasteiger partial charge in [-0.15, -0.1) is 0 Å². The maximum absolute atomic E-state index is 15.1. The van der Waals surface area contributed by atoms with Crippen molar-refractivity contribution in [2.75, 3.05) is 0 Å². The highest BCUT2D eigenvalue weighted by atomic mass is 19.4. The highest BCUT2D eigenvalue weighted by molar-refractivity contribution is 6.12. The lowest BCUT2D eigenvalue weighted by molar-refractivity contribution is -0.159. The molecule has 0 radical (unpaired) electrons. The first-order chi connectivity index (χ1) is 22.9. The third kappa shape index (κ3) is 6.04. The van der Waals surface area contributed by atoms with Crippen LogP contribution in [0.2, 0.25) is 0 Å². The Bertz CT molecular complexity index is 2050. The second-order valence-corrected chi connectivity index (χ2v) is 9.39. The summed E-state index contributed by atoms with van der Waals surface area (Å²) in [6.45, 7) is 0.640. The van der Waals surface area contributed by atoms with E-state index in [1.165, 1.54) is 0 Å². The number of aromatic nitrogens is 4. The molecule has 1 saturated carbocycles. The lowest BCUT2D eigenvalue weighted by atomic mass is 9.98. The number of hydrogen-bond acceptors (Lipinski definition) is 7. The Hall–Kier alpha value is -6.05. The summed E-state index contributed by atoms with van der Waals surface area (Å²) >= 11 is 0. The molecule has 0 aromatic carbocycles. The van der Waals surface area contributed by atoms with Gasteiger partial charge in [0.15, 0.2) is 34.7 Å². The number of nitrogens with zero attached hydrogens (tertiary/aromatic N) is 7. The van der Waals surface area contributed by atoms with Crippen LogP contribution in [0, 0.1) is 82.0 Å². The Morgan fingerprint density at radius 2 is 0.780 bits per heavy atom. The van der Waals surface area contributed by atoms with Gasteiger partial charge in [-0.25, -0.2) is 32.5 Å². The molecule has 3 aromatic heterocycles. The first-order valence-corrected chi connectivity index (χ1v) is 12.2. The van der Waals surface area contributed by atoms with Crippen molar-refractivity contribution in [2.45, 2.75) is 25.5 Å². The summed E-state index contributed by atoms with van der Waals surface area (Å²) in [4.78, 5) is 9.06. The zero-order chi connectivity index (χ0) is 38.0. The molecule has 0 unspecified atom stereocenters. The van der Waals surface area contributed by atoms with Gasteiger partial charge in [0, 0.05) is 16.7 Å². The number of halogens is 16. The van der Waals surface area contributed by atoms with Crippen LogP contribution in [0.15, 0.2) is 16.7 Å². The molecule has 0 saturated heterocycles. The van der Waals surface area contributed by atoms with E-state index in [0.717, 1.165) is 12.1 Å². The number of nitriles is 3. The molecule has 0 bridgehead atoms. The van der Waals surface area contributed by atoms with Crippen molar-refractivity contribution < 1.29 is 70.2 Å². The van der Waals surface area contributed by atoms with Gasteiger partial charge in [-0.1, -0.05) is 0 Å². The van der Waals surface area contributed by atoms with E-state index in [2.05, 4.69) is 19.9 Å². The summed E-state index contributed by atoms with van der Waals surface area (Å²) in [5.41, 5.74) is -24.8. The topological polar surface area (TPSA) is 123 Å². The molecule has 23 heteroatoms. The Balaban J connectivity index is 2.42. The molecule has 4 rings (SSSR count). The zero-order valence-electron chi connectivity index (χ0n) is 23.2. The molecular formula is C27H3F16N7. The Morgan fingerprint density at radius 1 is 0.460 bits per heavy atom. The molecule has 0 amide bonds. The smallest absolute Gasteiger partial charge is 0.219 e. The highest BCUT2D eigenvalue weighted by Gasteiger charge is 2.52. The van der Waals surface area contributed by atoms with E-state index in [-0.39, 0.29) is 0 Å². The van der Waals surface area contributed by atoms with E-state index in [1.807, 2.05) is 0 Å². The Labute approximate surface area is 264 Å². The van der Waals surface area contributed by atoms with Crippen molar-refractivity contribution in [3.05, 3.63) is 97.4 Å². The third-order valence-electron chi connectivity index (χ3n) is 6.42. The Kier molecular flexibility index (Phi) is 8.92. The minimum absolute atomic E-state index is 0.640. The van der Waals surface area contributed by atoms with Crippen molar-refractivity contribution in [1.82, 2.24) is 19.9 Å². The number of allylic oxidation sites excluding steroid dienone is 6. The number of aryl methyl sites for hydroxylation is 1. The molecule has 258 valence electrons. The van der Waals surface area contributed by atoms with Gasteiger partial charge in [-0.05, 0) is 6.92 Å². The molecule has 7 nitrogen and oxygen atoms in total. The number of alkyl halides is 9. The number of rotatable bonds is 3. The Morgan fingerprint density at radius 3 is 1.10 bits per heavy atom. The van der Waals surface area contributed by atoms with Crippen LogP contribution in [0.5, 0.6) is 0 Å². The fourth-order valence-electron chi connectivity index (χ4n) is 4.43. The summed E-state index contributed by atoms with van der Waals surface area (Å²) in [5.74, 6) is -19.8. The van der Waals surface area contributed by atoms with Crippen molar-refractivity contribution in [1.29, 1.82) is 15.8 Å². The van der Waals surface area contributed by atoms with E-state index < -0.39 is 133 Å². The fourth-order valence-corrected chi connectivity index (χ4v) is 4.43. The van der Waals surface area contributed by atoms with Crippen molar-refractivity contribution in [2.24, 2.45) is 0 Å². The van der Waals surface area contributed by atoms with Gasteiger partial charge >= 0.3 is 18.5 Å². The van der Waals surface area contributed by atoms with E-state index >= 15 is 4.39 Å². The van der Waals surface area contributed by atoms with Crippen LogP contribution < -0.4 is 0 Å². The molecule has 3 heterocycles. The zero-order valence-corrected chi connectivity index (χ0v) is 23.2. The molecule has 0 aliphatic heterocycles. The van der Waals surface area contributed by atoms with Crippen LogP contribution in [0.25, 0.3) is 16.7 Å². The molecule has 0 spiro atoms. The first kappa shape index (κ1) is 36.8. The SMILES string of the molecule is Cc1nc(F)c(F)c(C(C#N)=C2C(=C(C#N)c3c(C(F)(F)F)nc(C(F)(F)F)nc3C(F)(F)F)C2=C(C#N)c2c(F)c(F)nc(F)c2F)c1F. The van der Waals surface area contributed by atoms with E-state index in [1.54, 1.807) is 0 Å². The molecule has 50 heavy (non-hydrogen) atoms. The van der Waals surface area contributed by atoms with Crippen molar-refractivity contribution >= 4 is 16.7 Å². The lowest BCUT2D eigenvalue weighted by Gasteiger charge is -2.18. The van der Waals surface area contributed by atoms with Crippen LogP contribution in [0.1, 0.15) is 39.6 Å².